The largest absolute Gasteiger partial charge is 0.507 e. The Bertz CT molecular complexity index is 1150. The fraction of sp³-hybridized carbons (Fsp3) is 0.273. The van der Waals surface area contributed by atoms with E-state index < -0.39 is 11.4 Å². The summed E-state index contributed by atoms with van der Waals surface area (Å²) < 4.78 is 17.0. The Kier molecular flexibility index (Phi) is 5.40. The van der Waals surface area contributed by atoms with Gasteiger partial charge in [0.15, 0.2) is 0 Å². The normalized spacial score (nSPS) is 10.9. The number of allylic oxidation sites excluding steroid dienone is 1. The van der Waals surface area contributed by atoms with Gasteiger partial charge >= 0.3 is 5.97 Å². The SMILES string of the molecule is CC(=O)OCc1c(OCC=C(C)C)c(C)cc2oc3cccc(O)c3c(=O)c12. The smallest absolute Gasteiger partial charge is 0.302 e. The number of aromatic hydroxyl groups is 1. The Balaban J connectivity index is 2.32. The summed E-state index contributed by atoms with van der Waals surface area (Å²) in [6, 6.07) is 6.37. The van der Waals surface area contributed by atoms with E-state index in [0.717, 1.165) is 11.1 Å². The highest BCUT2D eigenvalue weighted by Crippen LogP contribution is 2.34. The minimum absolute atomic E-state index is 0.0816. The molecule has 28 heavy (non-hydrogen) atoms. The van der Waals surface area contributed by atoms with Gasteiger partial charge in [-0.2, -0.15) is 0 Å². The van der Waals surface area contributed by atoms with Gasteiger partial charge in [0, 0.05) is 12.5 Å². The molecule has 0 saturated heterocycles. The average molecular weight is 382 g/mol. The summed E-state index contributed by atoms with van der Waals surface area (Å²) in [4.78, 5) is 24.6. The van der Waals surface area contributed by atoms with E-state index in [4.69, 9.17) is 13.9 Å². The second kappa shape index (κ2) is 7.76. The van der Waals surface area contributed by atoms with E-state index >= 15 is 0 Å². The zero-order valence-corrected chi connectivity index (χ0v) is 16.3. The van der Waals surface area contributed by atoms with Crippen molar-refractivity contribution in [1.29, 1.82) is 0 Å². The van der Waals surface area contributed by atoms with Gasteiger partial charge in [-0.05, 0) is 50.6 Å². The van der Waals surface area contributed by atoms with Gasteiger partial charge in [-0.3, -0.25) is 9.59 Å². The van der Waals surface area contributed by atoms with E-state index in [1.165, 1.54) is 13.0 Å². The third-order valence-corrected chi connectivity index (χ3v) is 4.35. The number of rotatable bonds is 5. The Morgan fingerprint density at radius 2 is 1.93 bits per heavy atom. The van der Waals surface area contributed by atoms with Crippen molar-refractivity contribution in [2.75, 3.05) is 6.61 Å². The number of fused-ring (bicyclic) bond motifs is 2. The zero-order chi connectivity index (χ0) is 20.4. The molecule has 0 unspecified atom stereocenters. The standard InChI is InChI=1S/C22H22O6/c1-12(2)8-9-26-22-13(3)10-18-19(15(22)11-27-14(4)23)21(25)20-16(24)6-5-7-17(20)28-18/h5-8,10,24H,9,11H2,1-4H3. The van der Waals surface area contributed by atoms with E-state index in [-0.39, 0.29) is 28.7 Å². The van der Waals surface area contributed by atoms with Gasteiger partial charge < -0.3 is 19.0 Å². The topological polar surface area (TPSA) is 86.0 Å². The van der Waals surface area contributed by atoms with Crippen molar-refractivity contribution >= 4 is 27.9 Å². The predicted molar refractivity (Wildman–Crippen MR) is 107 cm³/mol. The molecule has 3 aromatic rings. The van der Waals surface area contributed by atoms with E-state index in [2.05, 4.69) is 0 Å². The number of phenols is 1. The lowest BCUT2D eigenvalue weighted by molar-refractivity contribution is -0.142. The number of ether oxygens (including phenoxy) is 2. The van der Waals surface area contributed by atoms with E-state index in [1.807, 2.05) is 26.8 Å². The van der Waals surface area contributed by atoms with Gasteiger partial charge in [-0.15, -0.1) is 0 Å². The van der Waals surface area contributed by atoms with Gasteiger partial charge in [0.1, 0.15) is 41.3 Å². The fourth-order valence-electron chi connectivity index (χ4n) is 3.04. The third-order valence-electron chi connectivity index (χ3n) is 4.35. The molecule has 0 atom stereocenters. The van der Waals surface area contributed by atoms with Crippen LogP contribution in [0.15, 0.2) is 45.1 Å². The van der Waals surface area contributed by atoms with Gasteiger partial charge in [0.2, 0.25) is 5.43 Å². The number of phenolic OH excluding ortho intramolecular Hbond substituents is 1. The van der Waals surface area contributed by atoms with Gasteiger partial charge in [-0.1, -0.05) is 11.6 Å². The number of carbonyl (C=O) groups excluding carboxylic acids is 1. The van der Waals surface area contributed by atoms with Crippen molar-refractivity contribution < 1.29 is 23.8 Å². The van der Waals surface area contributed by atoms with Gasteiger partial charge in [0.05, 0.1) is 5.39 Å². The summed E-state index contributed by atoms with van der Waals surface area (Å²) in [5.41, 5.74) is 2.50. The van der Waals surface area contributed by atoms with Crippen molar-refractivity contribution in [1.82, 2.24) is 0 Å². The van der Waals surface area contributed by atoms with Crippen LogP contribution in [0.25, 0.3) is 21.9 Å². The molecule has 0 aliphatic carbocycles. The molecule has 1 aromatic heterocycles. The number of esters is 1. The van der Waals surface area contributed by atoms with Crippen LogP contribution in [0.1, 0.15) is 31.9 Å². The van der Waals surface area contributed by atoms with Crippen LogP contribution in [-0.4, -0.2) is 17.7 Å². The van der Waals surface area contributed by atoms with Crippen LogP contribution in [0.4, 0.5) is 0 Å². The van der Waals surface area contributed by atoms with Crippen molar-refractivity contribution in [2.24, 2.45) is 0 Å². The summed E-state index contributed by atoms with van der Waals surface area (Å²) in [7, 11) is 0. The van der Waals surface area contributed by atoms with Gasteiger partial charge in [0.25, 0.3) is 0 Å². The number of aryl methyl sites for hydroxylation is 1. The molecular formula is C22H22O6. The summed E-state index contributed by atoms with van der Waals surface area (Å²) in [5.74, 6) is -0.176. The maximum atomic E-state index is 13.2. The molecule has 0 amide bonds. The molecule has 0 aliphatic rings. The van der Waals surface area contributed by atoms with E-state index in [9.17, 15) is 14.7 Å². The van der Waals surface area contributed by atoms with Crippen LogP contribution >= 0.6 is 0 Å². The molecule has 146 valence electrons. The Morgan fingerprint density at radius 3 is 2.61 bits per heavy atom. The van der Waals surface area contributed by atoms with Crippen LogP contribution in [0.2, 0.25) is 0 Å². The Labute approximate surface area is 162 Å². The first-order chi connectivity index (χ1) is 13.3. The minimum atomic E-state index is -0.474. The van der Waals surface area contributed by atoms with Crippen LogP contribution < -0.4 is 10.2 Å². The molecule has 0 spiro atoms. The van der Waals surface area contributed by atoms with Crippen molar-refractivity contribution in [2.45, 2.75) is 34.3 Å². The lowest BCUT2D eigenvalue weighted by atomic mass is 10.0. The summed E-state index contributed by atoms with van der Waals surface area (Å²) in [6.45, 7) is 7.22. The summed E-state index contributed by atoms with van der Waals surface area (Å²) in [5, 5.41) is 10.5. The zero-order valence-electron chi connectivity index (χ0n) is 16.3. The maximum absolute atomic E-state index is 13.2. The lowest BCUT2D eigenvalue weighted by Crippen LogP contribution is -2.11. The van der Waals surface area contributed by atoms with Crippen LogP contribution in [0.3, 0.4) is 0 Å². The predicted octanol–water partition coefficient (Wildman–Crippen LogP) is 4.37. The third kappa shape index (κ3) is 3.71. The highest BCUT2D eigenvalue weighted by atomic mass is 16.5. The molecule has 0 aliphatic heterocycles. The molecule has 6 heteroatoms. The molecule has 0 saturated carbocycles. The molecule has 0 fully saturated rings. The monoisotopic (exact) mass is 382 g/mol. The Hall–Kier alpha value is -3.28. The molecule has 1 N–H and O–H groups in total. The molecule has 3 rings (SSSR count). The molecular weight excluding hydrogens is 360 g/mol. The van der Waals surface area contributed by atoms with E-state index in [1.54, 1.807) is 18.2 Å². The molecule has 1 heterocycles. The van der Waals surface area contributed by atoms with Crippen molar-refractivity contribution in [3.05, 3.63) is 57.3 Å². The van der Waals surface area contributed by atoms with Crippen molar-refractivity contribution in [3.8, 4) is 11.5 Å². The lowest BCUT2D eigenvalue weighted by Gasteiger charge is -2.16. The minimum Gasteiger partial charge on any atom is -0.507 e. The van der Waals surface area contributed by atoms with Crippen LogP contribution in [-0.2, 0) is 16.1 Å². The van der Waals surface area contributed by atoms with E-state index in [0.29, 0.717) is 23.5 Å². The number of hydrogen-bond donors (Lipinski definition) is 1. The first kappa shape index (κ1) is 19.5. The van der Waals surface area contributed by atoms with Crippen molar-refractivity contribution in [3.63, 3.8) is 0 Å². The van der Waals surface area contributed by atoms with Crippen LogP contribution in [0.5, 0.6) is 11.5 Å². The quantitative estimate of drug-likeness (QED) is 0.401. The first-order valence-electron chi connectivity index (χ1n) is 8.90. The second-order valence-corrected chi connectivity index (χ2v) is 6.83. The fourth-order valence-corrected chi connectivity index (χ4v) is 3.04. The number of carbonyl (C=O) groups is 1. The number of benzene rings is 2. The van der Waals surface area contributed by atoms with Gasteiger partial charge in [-0.25, -0.2) is 0 Å². The molecule has 2 aromatic carbocycles. The molecule has 6 nitrogen and oxygen atoms in total. The highest BCUT2D eigenvalue weighted by molar-refractivity contribution is 5.95. The maximum Gasteiger partial charge on any atom is 0.302 e. The summed E-state index contributed by atoms with van der Waals surface area (Å²) in [6.07, 6.45) is 1.91. The molecule has 0 bridgehead atoms. The Morgan fingerprint density at radius 1 is 1.18 bits per heavy atom. The molecule has 0 radical (unpaired) electrons. The first-order valence-corrected chi connectivity index (χ1v) is 8.90. The average Bonchev–Trinajstić information content (AvgIpc) is 2.60. The second-order valence-electron chi connectivity index (χ2n) is 6.83. The highest BCUT2D eigenvalue weighted by Gasteiger charge is 2.20. The summed E-state index contributed by atoms with van der Waals surface area (Å²) >= 11 is 0. The number of hydrogen-bond acceptors (Lipinski definition) is 6. The van der Waals surface area contributed by atoms with Crippen LogP contribution in [0, 0.1) is 6.92 Å².